The monoisotopic (exact) mass is 236 g/mol. The number of benzene rings is 2. The Labute approximate surface area is 107 Å². The first-order valence-electron chi connectivity index (χ1n) is 5.88. The number of nitrogens with two attached hydrogens (primary N) is 1. The van der Waals surface area contributed by atoms with Crippen molar-refractivity contribution in [2.24, 2.45) is 0 Å². The number of pyridine rings is 1. The zero-order valence-electron chi connectivity index (χ0n) is 10.4. The molecule has 1 aromatic heterocycles. The zero-order valence-corrected chi connectivity index (χ0v) is 10.4. The van der Waals surface area contributed by atoms with Crippen LogP contribution in [0, 0.1) is 6.92 Å². The molecular weight excluding hydrogens is 220 g/mol. The van der Waals surface area contributed by atoms with Gasteiger partial charge in [-0.15, -0.1) is 0 Å². The Morgan fingerprint density at radius 2 is 1.56 bits per heavy atom. The third kappa shape index (κ3) is 3.08. The third-order valence-electron chi connectivity index (χ3n) is 2.60. The van der Waals surface area contributed by atoms with Gasteiger partial charge < -0.3 is 5.73 Å². The molecule has 1 heterocycles. The minimum absolute atomic E-state index is 0.739. The number of rotatable bonds is 0. The number of fused-ring (bicyclic) bond motifs is 1. The second kappa shape index (κ2) is 5.82. The van der Waals surface area contributed by atoms with E-state index in [-0.39, 0.29) is 0 Å². The van der Waals surface area contributed by atoms with Crippen LogP contribution in [-0.4, -0.2) is 4.98 Å². The van der Waals surface area contributed by atoms with Crippen LogP contribution in [-0.2, 0) is 0 Å². The first-order valence-corrected chi connectivity index (χ1v) is 5.88. The maximum absolute atomic E-state index is 5.69. The van der Waals surface area contributed by atoms with E-state index in [2.05, 4.69) is 24.0 Å². The van der Waals surface area contributed by atoms with E-state index in [4.69, 9.17) is 5.73 Å². The summed E-state index contributed by atoms with van der Waals surface area (Å²) in [4.78, 5) is 4.16. The Morgan fingerprint density at radius 1 is 0.833 bits per heavy atom. The second-order valence-corrected chi connectivity index (χ2v) is 4.08. The zero-order chi connectivity index (χ0) is 12.8. The number of aryl methyl sites for hydroxylation is 1. The van der Waals surface area contributed by atoms with Crippen LogP contribution in [0.3, 0.4) is 0 Å². The lowest BCUT2D eigenvalue weighted by molar-refractivity contribution is 1.41. The van der Waals surface area contributed by atoms with E-state index in [1.165, 1.54) is 5.56 Å². The molecule has 2 nitrogen and oxygen atoms in total. The van der Waals surface area contributed by atoms with Crippen LogP contribution in [0.4, 0.5) is 5.69 Å². The molecule has 0 bridgehead atoms. The lowest BCUT2D eigenvalue weighted by atomic mass is 10.2. The van der Waals surface area contributed by atoms with Crippen LogP contribution in [0.1, 0.15) is 5.56 Å². The van der Waals surface area contributed by atoms with Crippen molar-refractivity contribution in [2.75, 3.05) is 5.73 Å². The van der Waals surface area contributed by atoms with Gasteiger partial charge in [0.15, 0.2) is 0 Å². The number of nitrogen functional groups attached to an aromatic ring is 1. The first-order chi connectivity index (χ1) is 8.77. The van der Waals surface area contributed by atoms with E-state index < -0.39 is 0 Å². The van der Waals surface area contributed by atoms with Crippen molar-refractivity contribution in [3.8, 4) is 0 Å². The Morgan fingerprint density at radius 3 is 2.17 bits per heavy atom. The quantitative estimate of drug-likeness (QED) is 0.603. The van der Waals surface area contributed by atoms with Gasteiger partial charge in [0.05, 0.1) is 11.2 Å². The number of para-hydroxylation sites is 1. The fourth-order valence-corrected chi connectivity index (χ4v) is 1.66. The fourth-order valence-electron chi connectivity index (χ4n) is 1.66. The molecule has 3 rings (SSSR count). The van der Waals surface area contributed by atoms with Crippen LogP contribution in [0.15, 0.2) is 66.9 Å². The molecule has 0 aliphatic rings. The summed E-state index contributed by atoms with van der Waals surface area (Å²) in [5.41, 5.74) is 8.64. The molecule has 0 saturated carbocycles. The summed E-state index contributed by atoms with van der Waals surface area (Å²) in [7, 11) is 0. The van der Waals surface area contributed by atoms with E-state index in [0.717, 1.165) is 16.6 Å². The van der Waals surface area contributed by atoms with Gasteiger partial charge in [0, 0.05) is 11.6 Å². The van der Waals surface area contributed by atoms with Gasteiger partial charge in [0.25, 0.3) is 0 Å². The molecule has 0 aliphatic heterocycles. The Kier molecular flexibility index (Phi) is 3.92. The summed E-state index contributed by atoms with van der Waals surface area (Å²) >= 11 is 0. The van der Waals surface area contributed by atoms with E-state index in [1.54, 1.807) is 6.20 Å². The van der Waals surface area contributed by atoms with Crippen molar-refractivity contribution in [1.29, 1.82) is 0 Å². The van der Waals surface area contributed by atoms with Crippen LogP contribution in [0.25, 0.3) is 10.9 Å². The minimum Gasteiger partial charge on any atom is -0.397 e. The Balaban J connectivity index is 0.000000149. The van der Waals surface area contributed by atoms with Gasteiger partial charge in [-0.25, -0.2) is 0 Å². The van der Waals surface area contributed by atoms with Gasteiger partial charge in [-0.3, -0.25) is 4.98 Å². The highest BCUT2D eigenvalue weighted by Gasteiger charge is 1.94. The van der Waals surface area contributed by atoms with Gasteiger partial charge in [0.2, 0.25) is 0 Å². The average Bonchev–Trinajstić information content (AvgIpc) is 2.41. The molecule has 0 fully saturated rings. The highest BCUT2D eigenvalue weighted by atomic mass is 14.7. The van der Waals surface area contributed by atoms with Crippen molar-refractivity contribution in [3.63, 3.8) is 0 Å². The van der Waals surface area contributed by atoms with E-state index in [1.807, 2.05) is 48.5 Å². The normalized spacial score (nSPS) is 9.61. The summed E-state index contributed by atoms with van der Waals surface area (Å²) in [6, 6.07) is 19.9. The van der Waals surface area contributed by atoms with Crippen molar-refractivity contribution in [1.82, 2.24) is 4.98 Å². The van der Waals surface area contributed by atoms with Crippen molar-refractivity contribution >= 4 is 16.6 Å². The second-order valence-electron chi connectivity index (χ2n) is 4.08. The number of nitrogens with zero attached hydrogens (tertiary/aromatic N) is 1. The maximum atomic E-state index is 5.69. The number of hydrogen-bond acceptors (Lipinski definition) is 2. The molecule has 0 saturated heterocycles. The lowest BCUT2D eigenvalue weighted by Crippen LogP contribution is -1.87. The van der Waals surface area contributed by atoms with E-state index >= 15 is 0 Å². The SMILES string of the molecule is Cc1ccccc1.Nc1cccc2cccnc12. The molecule has 0 atom stereocenters. The summed E-state index contributed by atoms with van der Waals surface area (Å²) in [6.07, 6.45) is 1.75. The van der Waals surface area contributed by atoms with Gasteiger partial charge in [-0.05, 0) is 19.1 Å². The molecule has 0 spiro atoms. The van der Waals surface area contributed by atoms with Gasteiger partial charge in [-0.1, -0.05) is 54.1 Å². The molecule has 90 valence electrons. The molecule has 3 aromatic rings. The molecular formula is C16H16N2. The molecule has 0 aliphatic carbocycles. The average molecular weight is 236 g/mol. The first kappa shape index (κ1) is 12.1. The summed E-state index contributed by atoms with van der Waals surface area (Å²) in [5.74, 6) is 0. The predicted octanol–water partition coefficient (Wildman–Crippen LogP) is 3.81. The van der Waals surface area contributed by atoms with E-state index in [9.17, 15) is 0 Å². The maximum Gasteiger partial charge on any atom is 0.0931 e. The number of anilines is 1. The minimum atomic E-state index is 0.739. The molecule has 2 N–H and O–H groups in total. The topological polar surface area (TPSA) is 38.9 Å². The summed E-state index contributed by atoms with van der Waals surface area (Å²) in [6.45, 7) is 2.08. The van der Waals surface area contributed by atoms with Crippen molar-refractivity contribution in [3.05, 3.63) is 72.4 Å². The molecule has 0 amide bonds. The highest BCUT2D eigenvalue weighted by Crippen LogP contribution is 2.16. The van der Waals surface area contributed by atoms with Gasteiger partial charge >= 0.3 is 0 Å². The van der Waals surface area contributed by atoms with Gasteiger partial charge in [-0.2, -0.15) is 0 Å². The molecule has 18 heavy (non-hydrogen) atoms. The predicted molar refractivity (Wildman–Crippen MR) is 77.3 cm³/mol. The molecule has 0 radical (unpaired) electrons. The van der Waals surface area contributed by atoms with Crippen LogP contribution < -0.4 is 5.73 Å². The van der Waals surface area contributed by atoms with Crippen molar-refractivity contribution in [2.45, 2.75) is 6.92 Å². The third-order valence-corrected chi connectivity index (χ3v) is 2.60. The smallest absolute Gasteiger partial charge is 0.0931 e. The van der Waals surface area contributed by atoms with Crippen LogP contribution in [0.2, 0.25) is 0 Å². The Hall–Kier alpha value is -2.35. The molecule has 2 aromatic carbocycles. The summed E-state index contributed by atoms with van der Waals surface area (Å²) in [5, 5.41) is 1.09. The number of hydrogen-bond donors (Lipinski definition) is 1. The van der Waals surface area contributed by atoms with Crippen molar-refractivity contribution < 1.29 is 0 Å². The number of aromatic nitrogens is 1. The molecule has 0 unspecified atom stereocenters. The highest BCUT2D eigenvalue weighted by molar-refractivity contribution is 5.88. The summed E-state index contributed by atoms with van der Waals surface area (Å²) < 4.78 is 0. The largest absolute Gasteiger partial charge is 0.397 e. The molecule has 2 heteroatoms. The van der Waals surface area contributed by atoms with Crippen LogP contribution in [0.5, 0.6) is 0 Å². The lowest BCUT2D eigenvalue weighted by Gasteiger charge is -1.97. The standard InChI is InChI=1S/C9H8N2.C7H8/c10-8-5-1-3-7-4-2-6-11-9(7)8;1-7-5-3-2-4-6-7/h1-6H,10H2;2-6H,1H3. The fraction of sp³-hybridized carbons (Fsp3) is 0.0625. The van der Waals surface area contributed by atoms with Crippen LogP contribution >= 0.6 is 0 Å². The van der Waals surface area contributed by atoms with Gasteiger partial charge in [0.1, 0.15) is 0 Å². The Bertz CT molecular complexity index is 613. The van der Waals surface area contributed by atoms with E-state index in [0.29, 0.717) is 0 Å².